The number of Topliss-reactive ketones (excluding diaryl/α,β-unsaturated/α-hetero) is 1. The molecule has 1 aliphatic rings. The molecule has 0 radical (unpaired) electrons. The van der Waals surface area contributed by atoms with Gasteiger partial charge < -0.3 is 9.84 Å². The predicted molar refractivity (Wildman–Crippen MR) is 120 cm³/mol. The monoisotopic (exact) mass is 431 g/mol. The number of hydrogen-bond donors (Lipinski definition) is 1. The van der Waals surface area contributed by atoms with E-state index in [2.05, 4.69) is 0 Å². The second-order valence-corrected chi connectivity index (χ2v) is 7.69. The summed E-state index contributed by atoms with van der Waals surface area (Å²) < 4.78 is 19.0. The van der Waals surface area contributed by atoms with Crippen LogP contribution < -0.4 is 9.64 Å². The smallest absolute Gasteiger partial charge is 0.300 e. The maximum atomic E-state index is 13.6. The first kappa shape index (κ1) is 21.3. The van der Waals surface area contributed by atoms with Gasteiger partial charge in [0.1, 0.15) is 17.3 Å². The Morgan fingerprint density at radius 1 is 0.969 bits per heavy atom. The molecule has 0 bridgehead atoms. The van der Waals surface area contributed by atoms with Crippen LogP contribution in [-0.4, -0.2) is 23.9 Å². The van der Waals surface area contributed by atoms with Gasteiger partial charge in [0.05, 0.1) is 24.3 Å². The summed E-state index contributed by atoms with van der Waals surface area (Å²) in [5.41, 5.74) is 3.22. The van der Waals surface area contributed by atoms with Gasteiger partial charge in [0.2, 0.25) is 0 Å². The Kier molecular flexibility index (Phi) is 5.53. The number of ketones is 1. The van der Waals surface area contributed by atoms with Gasteiger partial charge >= 0.3 is 0 Å². The van der Waals surface area contributed by atoms with Gasteiger partial charge in [0.25, 0.3) is 11.7 Å². The normalized spacial score (nSPS) is 17.6. The van der Waals surface area contributed by atoms with Crippen molar-refractivity contribution in [2.24, 2.45) is 0 Å². The van der Waals surface area contributed by atoms with Crippen LogP contribution in [0, 0.1) is 19.7 Å². The molecule has 32 heavy (non-hydrogen) atoms. The fourth-order valence-electron chi connectivity index (χ4n) is 3.92. The lowest BCUT2D eigenvalue weighted by atomic mass is 9.94. The minimum Gasteiger partial charge on any atom is -0.507 e. The van der Waals surface area contributed by atoms with Gasteiger partial charge in [-0.15, -0.1) is 0 Å². The topological polar surface area (TPSA) is 66.8 Å². The fourth-order valence-corrected chi connectivity index (χ4v) is 3.92. The number of benzene rings is 3. The fraction of sp³-hybridized carbons (Fsp3) is 0.154. The third-order valence-electron chi connectivity index (χ3n) is 5.76. The second kappa shape index (κ2) is 8.30. The van der Waals surface area contributed by atoms with E-state index in [1.54, 1.807) is 30.3 Å². The molecule has 0 spiro atoms. The van der Waals surface area contributed by atoms with Crippen LogP contribution in [0.5, 0.6) is 5.75 Å². The van der Waals surface area contributed by atoms with E-state index in [0.717, 1.165) is 11.1 Å². The Morgan fingerprint density at radius 2 is 1.66 bits per heavy atom. The number of aryl methyl sites for hydroxylation is 2. The molecule has 1 atom stereocenters. The van der Waals surface area contributed by atoms with Crippen molar-refractivity contribution in [1.29, 1.82) is 0 Å². The van der Waals surface area contributed by atoms with Crippen molar-refractivity contribution in [2.45, 2.75) is 19.9 Å². The van der Waals surface area contributed by atoms with Gasteiger partial charge in [0, 0.05) is 5.69 Å². The number of amides is 1. The molecule has 1 aliphatic heterocycles. The molecule has 1 saturated heterocycles. The highest BCUT2D eigenvalue weighted by Crippen LogP contribution is 2.43. The quantitative estimate of drug-likeness (QED) is 0.356. The molecule has 1 fully saturated rings. The SMILES string of the molecule is COc1ccccc1/C(O)=C1\C(=O)C(=O)N(c2ccc(C)c(C)c2)C1c1ccc(F)cc1. The summed E-state index contributed by atoms with van der Waals surface area (Å²) in [6.45, 7) is 3.86. The lowest BCUT2D eigenvalue weighted by Crippen LogP contribution is -2.29. The molecule has 3 aromatic rings. The van der Waals surface area contributed by atoms with E-state index in [9.17, 15) is 19.1 Å². The van der Waals surface area contributed by atoms with Gasteiger partial charge in [0.15, 0.2) is 0 Å². The third-order valence-corrected chi connectivity index (χ3v) is 5.76. The number of hydrogen-bond acceptors (Lipinski definition) is 4. The number of aliphatic hydroxyl groups excluding tert-OH is 1. The van der Waals surface area contributed by atoms with Crippen LogP contribution in [0.2, 0.25) is 0 Å². The van der Waals surface area contributed by atoms with Crippen molar-refractivity contribution in [3.05, 3.63) is 100 Å². The van der Waals surface area contributed by atoms with Crippen LogP contribution in [0.15, 0.2) is 72.3 Å². The number of para-hydroxylation sites is 1. The van der Waals surface area contributed by atoms with E-state index in [0.29, 0.717) is 22.6 Å². The van der Waals surface area contributed by atoms with E-state index in [1.807, 2.05) is 26.0 Å². The second-order valence-electron chi connectivity index (χ2n) is 7.69. The van der Waals surface area contributed by atoms with Gasteiger partial charge in [-0.2, -0.15) is 0 Å². The van der Waals surface area contributed by atoms with Gasteiger partial charge in [-0.05, 0) is 66.9 Å². The molecule has 0 aliphatic carbocycles. The zero-order valence-electron chi connectivity index (χ0n) is 17.9. The highest BCUT2D eigenvalue weighted by atomic mass is 19.1. The van der Waals surface area contributed by atoms with Crippen LogP contribution in [-0.2, 0) is 9.59 Å². The predicted octanol–water partition coefficient (Wildman–Crippen LogP) is 5.08. The summed E-state index contributed by atoms with van der Waals surface area (Å²) >= 11 is 0. The molecule has 1 amide bonds. The number of ether oxygens (including phenoxy) is 1. The Hall–Kier alpha value is -3.93. The van der Waals surface area contributed by atoms with Crippen molar-refractivity contribution >= 4 is 23.1 Å². The molecule has 1 N–H and O–H groups in total. The summed E-state index contributed by atoms with van der Waals surface area (Å²) in [6.07, 6.45) is 0. The van der Waals surface area contributed by atoms with E-state index in [-0.39, 0.29) is 11.3 Å². The Bertz CT molecular complexity index is 1250. The number of rotatable bonds is 4. The van der Waals surface area contributed by atoms with E-state index in [4.69, 9.17) is 4.74 Å². The Balaban J connectivity index is 1.98. The zero-order chi connectivity index (χ0) is 23.0. The molecule has 162 valence electrons. The molecule has 1 heterocycles. The molecule has 0 saturated carbocycles. The molecule has 6 heteroatoms. The lowest BCUT2D eigenvalue weighted by Gasteiger charge is -2.26. The first-order valence-electron chi connectivity index (χ1n) is 10.1. The maximum Gasteiger partial charge on any atom is 0.300 e. The summed E-state index contributed by atoms with van der Waals surface area (Å²) in [6, 6.07) is 16.8. The van der Waals surface area contributed by atoms with Crippen molar-refractivity contribution in [2.75, 3.05) is 12.0 Å². The van der Waals surface area contributed by atoms with Crippen molar-refractivity contribution in [3.8, 4) is 5.75 Å². The maximum absolute atomic E-state index is 13.6. The Labute approximate surface area is 185 Å². The third kappa shape index (κ3) is 3.54. The summed E-state index contributed by atoms with van der Waals surface area (Å²) in [5.74, 6) is -2.01. The average Bonchev–Trinajstić information content (AvgIpc) is 3.06. The van der Waals surface area contributed by atoms with E-state index >= 15 is 0 Å². The molecule has 4 rings (SSSR count). The molecular weight excluding hydrogens is 409 g/mol. The largest absolute Gasteiger partial charge is 0.507 e. The van der Waals surface area contributed by atoms with Crippen LogP contribution in [0.25, 0.3) is 5.76 Å². The molecule has 3 aromatic carbocycles. The number of nitrogens with zero attached hydrogens (tertiary/aromatic N) is 1. The van der Waals surface area contributed by atoms with Crippen LogP contribution in [0.4, 0.5) is 10.1 Å². The summed E-state index contributed by atoms with van der Waals surface area (Å²) in [4.78, 5) is 27.7. The van der Waals surface area contributed by atoms with Gasteiger partial charge in [-0.3, -0.25) is 14.5 Å². The minimum atomic E-state index is -0.928. The van der Waals surface area contributed by atoms with Gasteiger partial charge in [-0.1, -0.05) is 30.3 Å². The number of halogens is 1. The standard InChI is InChI=1S/C26H22FNO4/c1-15-8-13-19(14-16(15)2)28-23(17-9-11-18(27)12-10-17)22(25(30)26(28)31)24(29)20-6-4-5-7-21(20)32-3/h4-14,23,29H,1-3H3/b24-22+. The summed E-state index contributed by atoms with van der Waals surface area (Å²) in [5, 5.41) is 11.2. The van der Waals surface area contributed by atoms with Crippen molar-refractivity contribution in [3.63, 3.8) is 0 Å². The van der Waals surface area contributed by atoms with Gasteiger partial charge in [-0.25, -0.2) is 4.39 Å². The number of carbonyl (C=O) groups is 2. The number of methoxy groups -OCH3 is 1. The van der Waals surface area contributed by atoms with Crippen molar-refractivity contribution in [1.82, 2.24) is 0 Å². The van der Waals surface area contributed by atoms with Crippen LogP contribution >= 0.6 is 0 Å². The summed E-state index contributed by atoms with van der Waals surface area (Å²) in [7, 11) is 1.46. The first-order chi connectivity index (χ1) is 15.3. The molecule has 5 nitrogen and oxygen atoms in total. The van der Waals surface area contributed by atoms with E-state index < -0.39 is 23.5 Å². The highest BCUT2D eigenvalue weighted by Gasteiger charge is 2.47. The molecule has 1 unspecified atom stereocenters. The van der Waals surface area contributed by atoms with Crippen LogP contribution in [0.3, 0.4) is 0 Å². The first-order valence-corrected chi connectivity index (χ1v) is 10.1. The lowest BCUT2D eigenvalue weighted by molar-refractivity contribution is -0.132. The van der Waals surface area contributed by atoms with E-state index in [1.165, 1.54) is 36.3 Å². The Morgan fingerprint density at radius 3 is 2.31 bits per heavy atom. The van der Waals surface area contributed by atoms with Crippen LogP contribution in [0.1, 0.15) is 28.3 Å². The molecule has 0 aromatic heterocycles. The number of anilines is 1. The number of aliphatic hydroxyl groups is 1. The van der Waals surface area contributed by atoms with Crippen molar-refractivity contribution < 1.29 is 23.8 Å². The molecular formula is C26H22FNO4. The number of carbonyl (C=O) groups excluding carboxylic acids is 2. The minimum absolute atomic E-state index is 0.0793. The highest BCUT2D eigenvalue weighted by molar-refractivity contribution is 6.51. The average molecular weight is 431 g/mol. The zero-order valence-corrected chi connectivity index (χ0v) is 17.9.